The standard InChI is InChI=1S/C15H12F2N2O/c16-13-11(7-8-18-14(13)17)15(20)19-12-6-5-9-3-1-2-4-10(9)12/h1-4,7-8,12H,5-6H2,(H,19,20). The molecule has 5 heteroatoms. The Balaban J connectivity index is 1.83. The number of carbonyl (C=O) groups excluding carboxylic acids is 1. The van der Waals surface area contributed by atoms with E-state index in [0.717, 1.165) is 24.6 Å². The molecule has 1 N–H and O–H groups in total. The zero-order valence-electron chi connectivity index (χ0n) is 10.6. The van der Waals surface area contributed by atoms with Crippen molar-refractivity contribution in [2.45, 2.75) is 18.9 Å². The second-order valence-electron chi connectivity index (χ2n) is 4.73. The predicted molar refractivity (Wildman–Crippen MR) is 69.1 cm³/mol. The monoisotopic (exact) mass is 274 g/mol. The summed E-state index contributed by atoms with van der Waals surface area (Å²) in [5, 5.41) is 2.75. The third kappa shape index (κ3) is 2.15. The van der Waals surface area contributed by atoms with E-state index in [9.17, 15) is 13.6 Å². The Bertz CT molecular complexity index is 673. The molecule has 0 saturated carbocycles. The van der Waals surface area contributed by atoms with Crippen LogP contribution in [0.1, 0.15) is 33.9 Å². The van der Waals surface area contributed by atoms with Gasteiger partial charge in [-0.05, 0) is 30.0 Å². The Labute approximate surface area is 114 Å². The lowest BCUT2D eigenvalue weighted by Gasteiger charge is -2.14. The first kappa shape index (κ1) is 12.7. The van der Waals surface area contributed by atoms with Crippen LogP contribution in [0.3, 0.4) is 0 Å². The number of nitrogens with zero attached hydrogens (tertiary/aromatic N) is 1. The molecule has 1 aromatic heterocycles. The summed E-state index contributed by atoms with van der Waals surface area (Å²) in [6.07, 6.45) is 2.71. The van der Waals surface area contributed by atoms with Crippen LogP contribution in [0.25, 0.3) is 0 Å². The fraction of sp³-hybridized carbons (Fsp3) is 0.200. The molecule has 3 rings (SSSR count). The average molecular weight is 274 g/mol. The van der Waals surface area contributed by atoms with Crippen molar-refractivity contribution in [2.24, 2.45) is 0 Å². The molecule has 102 valence electrons. The Morgan fingerprint density at radius 2 is 2.05 bits per heavy atom. The minimum absolute atomic E-state index is 0.158. The van der Waals surface area contributed by atoms with Crippen molar-refractivity contribution in [3.05, 3.63) is 65.0 Å². The third-order valence-corrected chi connectivity index (χ3v) is 3.53. The van der Waals surface area contributed by atoms with E-state index in [-0.39, 0.29) is 11.6 Å². The molecule has 20 heavy (non-hydrogen) atoms. The van der Waals surface area contributed by atoms with Gasteiger partial charge in [-0.15, -0.1) is 0 Å². The van der Waals surface area contributed by atoms with Gasteiger partial charge in [-0.2, -0.15) is 4.39 Å². The van der Waals surface area contributed by atoms with E-state index < -0.39 is 17.7 Å². The molecule has 1 unspecified atom stereocenters. The molecule has 0 saturated heterocycles. The van der Waals surface area contributed by atoms with Crippen LogP contribution in [-0.2, 0) is 6.42 Å². The summed E-state index contributed by atoms with van der Waals surface area (Å²) in [4.78, 5) is 15.2. The maximum atomic E-state index is 13.5. The summed E-state index contributed by atoms with van der Waals surface area (Å²) < 4.78 is 26.5. The first-order chi connectivity index (χ1) is 9.66. The molecule has 1 aromatic carbocycles. The zero-order valence-corrected chi connectivity index (χ0v) is 10.6. The summed E-state index contributed by atoms with van der Waals surface area (Å²) in [5.41, 5.74) is 1.90. The fourth-order valence-corrected chi connectivity index (χ4v) is 2.54. The molecule has 1 aliphatic rings. The number of hydrogen-bond acceptors (Lipinski definition) is 2. The average Bonchev–Trinajstić information content (AvgIpc) is 2.85. The number of aryl methyl sites for hydroxylation is 1. The Hall–Kier alpha value is -2.30. The van der Waals surface area contributed by atoms with Crippen LogP contribution in [0.4, 0.5) is 8.78 Å². The van der Waals surface area contributed by atoms with Crippen molar-refractivity contribution in [3.63, 3.8) is 0 Å². The number of benzene rings is 1. The Kier molecular flexibility index (Phi) is 3.18. The highest BCUT2D eigenvalue weighted by Crippen LogP contribution is 2.30. The summed E-state index contributed by atoms with van der Waals surface area (Å²) in [6, 6.07) is 8.81. The minimum Gasteiger partial charge on any atom is -0.345 e. The van der Waals surface area contributed by atoms with Crippen LogP contribution in [0, 0.1) is 11.8 Å². The van der Waals surface area contributed by atoms with Gasteiger partial charge in [0.25, 0.3) is 5.91 Å². The fourth-order valence-electron chi connectivity index (χ4n) is 2.54. The van der Waals surface area contributed by atoms with Gasteiger partial charge in [0.15, 0.2) is 5.82 Å². The largest absolute Gasteiger partial charge is 0.345 e. The molecule has 3 nitrogen and oxygen atoms in total. The van der Waals surface area contributed by atoms with Gasteiger partial charge in [0.05, 0.1) is 11.6 Å². The summed E-state index contributed by atoms with van der Waals surface area (Å²) in [6.45, 7) is 0. The van der Waals surface area contributed by atoms with Crippen molar-refractivity contribution < 1.29 is 13.6 Å². The molecule has 0 radical (unpaired) electrons. The lowest BCUT2D eigenvalue weighted by atomic mass is 10.1. The molecule has 2 aromatic rings. The summed E-state index contributed by atoms with van der Waals surface area (Å²) >= 11 is 0. The molecule has 1 heterocycles. The van der Waals surface area contributed by atoms with Crippen molar-refractivity contribution in [1.29, 1.82) is 0 Å². The lowest BCUT2D eigenvalue weighted by Crippen LogP contribution is -2.28. The number of rotatable bonds is 2. The Morgan fingerprint density at radius 3 is 2.90 bits per heavy atom. The molecule has 1 aliphatic carbocycles. The minimum atomic E-state index is -1.26. The first-order valence-corrected chi connectivity index (χ1v) is 6.35. The number of nitrogens with one attached hydrogen (secondary N) is 1. The van der Waals surface area contributed by atoms with Crippen LogP contribution >= 0.6 is 0 Å². The van der Waals surface area contributed by atoms with E-state index in [1.54, 1.807) is 0 Å². The molecule has 0 spiro atoms. The molecular weight excluding hydrogens is 262 g/mol. The molecular formula is C15H12F2N2O. The molecule has 1 amide bonds. The number of pyridine rings is 1. The van der Waals surface area contributed by atoms with Gasteiger partial charge < -0.3 is 5.32 Å². The molecule has 0 bridgehead atoms. The normalized spacial score (nSPS) is 16.8. The third-order valence-electron chi connectivity index (χ3n) is 3.53. The smallest absolute Gasteiger partial charge is 0.254 e. The summed E-state index contributed by atoms with van der Waals surface area (Å²) in [5.74, 6) is -3.09. The van der Waals surface area contributed by atoms with Crippen molar-refractivity contribution in [1.82, 2.24) is 10.3 Å². The van der Waals surface area contributed by atoms with Crippen LogP contribution < -0.4 is 5.32 Å². The van der Waals surface area contributed by atoms with E-state index in [4.69, 9.17) is 0 Å². The van der Waals surface area contributed by atoms with Crippen LogP contribution in [0.5, 0.6) is 0 Å². The van der Waals surface area contributed by atoms with E-state index in [1.165, 1.54) is 11.6 Å². The molecule has 0 aliphatic heterocycles. The maximum Gasteiger partial charge on any atom is 0.254 e. The van der Waals surface area contributed by atoms with Gasteiger partial charge in [-0.3, -0.25) is 4.79 Å². The number of aromatic nitrogens is 1. The second-order valence-corrected chi connectivity index (χ2v) is 4.73. The van der Waals surface area contributed by atoms with Gasteiger partial charge in [-0.1, -0.05) is 24.3 Å². The second kappa shape index (κ2) is 5.00. The topological polar surface area (TPSA) is 42.0 Å². The quantitative estimate of drug-likeness (QED) is 0.856. The zero-order chi connectivity index (χ0) is 14.1. The van der Waals surface area contributed by atoms with Gasteiger partial charge >= 0.3 is 0 Å². The number of carbonyl (C=O) groups is 1. The number of halogens is 2. The van der Waals surface area contributed by atoms with Crippen molar-refractivity contribution >= 4 is 5.91 Å². The van der Waals surface area contributed by atoms with E-state index >= 15 is 0 Å². The predicted octanol–water partition coefficient (Wildman–Crippen LogP) is 2.78. The van der Waals surface area contributed by atoms with Crippen molar-refractivity contribution in [3.8, 4) is 0 Å². The van der Waals surface area contributed by atoms with Crippen molar-refractivity contribution in [2.75, 3.05) is 0 Å². The van der Waals surface area contributed by atoms with E-state index in [1.807, 2.05) is 24.3 Å². The number of fused-ring (bicyclic) bond motifs is 1. The van der Waals surface area contributed by atoms with Crippen LogP contribution in [0.2, 0.25) is 0 Å². The number of hydrogen-bond donors (Lipinski definition) is 1. The Morgan fingerprint density at radius 1 is 1.25 bits per heavy atom. The van der Waals surface area contributed by atoms with Crippen LogP contribution in [-0.4, -0.2) is 10.9 Å². The lowest BCUT2D eigenvalue weighted by molar-refractivity contribution is 0.0931. The highest BCUT2D eigenvalue weighted by Gasteiger charge is 2.25. The summed E-state index contributed by atoms with van der Waals surface area (Å²) in [7, 11) is 0. The van der Waals surface area contributed by atoms with E-state index in [2.05, 4.69) is 10.3 Å². The first-order valence-electron chi connectivity index (χ1n) is 6.35. The highest BCUT2D eigenvalue weighted by molar-refractivity contribution is 5.94. The van der Waals surface area contributed by atoms with Gasteiger partial charge in [0.1, 0.15) is 0 Å². The molecule has 1 atom stereocenters. The molecule has 0 fully saturated rings. The van der Waals surface area contributed by atoms with Gasteiger partial charge in [0.2, 0.25) is 5.95 Å². The maximum absolute atomic E-state index is 13.5. The SMILES string of the molecule is O=C(NC1CCc2ccccc21)c1ccnc(F)c1F. The number of amides is 1. The van der Waals surface area contributed by atoms with Gasteiger partial charge in [-0.25, -0.2) is 9.37 Å². The van der Waals surface area contributed by atoms with E-state index in [0.29, 0.717) is 0 Å². The van der Waals surface area contributed by atoms with Gasteiger partial charge in [0, 0.05) is 6.20 Å². The highest BCUT2D eigenvalue weighted by atomic mass is 19.2. The van der Waals surface area contributed by atoms with Crippen LogP contribution in [0.15, 0.2) is 36.5 Å².